The molecular weight excluding hydrogens is 359 g/mol. The summed E-state index contributed by atoms with van der Waals surface area (Å²) >= 11 is 0. The molecule has 2 aromatic carbocycles. The van der Waals surface area contributed by atoms with Crippen LogP contribution in [-0.4, -0.2) is 27.9 Å². The molecule has 0 aliphatic heterocycles. The van der Waals surface area contributed by atoms with Crippen LogP contribution in [-0.2, 0) is 11.8 Å². The molecule has 0 saturated heterocycles. The van der Waals surface area contributed by atoms with Crippen LogP contribution in [0.1, 0.15) is 33.4 Å². The highest BCUT2D eigenvalue weighted by atomic mass is 19.1. The fraction of sp³-hybridized carbons (Fsp3) is 0.190. The summed E-state index contributed by atoms with van der Waals surface area (Å²) in [5.74, 6) is -0.466. The van der Waals surface area contributed by atoms with Gasteiger partial charge in [-0.25, -0.2) is 9.37 Å². The van der Waals surface area contributed by atoms with Crippen molar-refractivity contribution in [1.29, 1.82) is 0 Å². The lowest BCUT2D eigenvalue weighted by Gasteiger charge is -2.19. The molecule has 0 aliphatic carbocycles. The number of aryl methyl sites for hydroxylation is 2. The van der Waals surface area contributed by atoms with Crippen LogP contribution in [0.25, 0.3) is 0 Å². The van der Waals surface area contributed by atoms with Gasteiger partial charge >= 0.3 is 0 Å². The molecule has 0 radical (unpaired) electrons. The molecule has 0 bridgehead atoms. The van der Waals surface area contributed by atoms with Crippen molar-refractivity contribution in [2.45, 2.75) is 13.0 Å². The topological polar surface area (TPSA) is 76.0 Å². The second kappa shape index (κ2) is 8.47. The summed E-state index contributed by atoms with van der Waals surface area (Å²) in [5, 5.41) is 5.46. The molecule has 0 fully saturated rings. The number of halogens is 1. The van der Waals surface area contributed by atoms with Gasteiger partial charge in [-0.15, -0.1) is 0 Å². The number of carbonyl (C=O) groups is 2. The van der Waals surface area contributed by atoms with E-state index in [1.54, 1.807) is 41.2 Å². The number of rotatable bonds is 6. The Bertz CT molecular complexity index is 965. The van der Waals surface area contributed by atoms with Crippen LogP contribution >= 0.6 is 0 Å². The minimum Gasteiger partial charge on any atom is -0.343 e. The van der Waals surface area contributed by atoms with Crippen LogP contribution in [0.15, 0.2) is 60.9 Å². The molecule has 0 saturated carbocycles. The van der Waals surface area contributed by atoms with Gasteiger partial charge in [-0.1, -0.05) is 29.8 Å². The maximum absolute atomic E-state index is 13.3. The van der Waals surface area contributed by atoms with Crippen molar-refractivity contribution >= 4 is 11.8 Å². The number of carbonyl (C=O) groups excluding carboxylic acids is 2. The monoisotopic (exact) mass is 380 g/mol. The van der Waals surface area contributed by atoms with Crippen molar-refractivity contribution in [3.05, 3.63) is 89.3 Å². The molecule has 1 atom stereocenters. The molecule has 144 valence electrons. The maximum atomic E-state index is 13.3. The minimum atomic E-state index is -0.565. The number of hydrogen-bond acceptors (Lipinski definition) is 3. The molecule has 2 amide bonds. The van der Waals surface area contributed by atoms with E-state index in [9.17, 15) is 14.0 Å². The van der Waals surface area contributed by atoms with E-state index in [4.69, 9.17) is 0 Å². The second-order valence-corrected chi connectivity index (χ2v) is 6.50. The summed E-state index contributed by atoms with van der Waals surface area (Å²) in [4.78, 5) is 28.9. The average Bonchev–Trinajstić information content (AvgIpc) is 3.11. The van der Waals surface area contributed by atoms with Crippen LogP contribution < -0.4 is 10.6 Å². The zero-order valence-electron chi connectivity index (χ0n) is 15.6. The van der Waals surface area contributed by atoms with Crippen LogP contribution in [0.5, 0.6) is 0 Å². The zero-order valence-corrected chi connectivity index (χ0v) is 15.6. The maximum Gasteiger partial charge on any atom is 0.251 e. The molecule has 1 heterocycles. The third-order valence-electron chi connectivity index (χ3n) is 4.35. The molecular formula is C21H21FN4O2. The average molecular weight is 380 g/mol. The normalized spacial score (nSPS) is 11.7. The first kappa shape index (κ1) is 19.3. The first-order valence-electron chi connectivity index (χ1n) is 8.81. The lowest BCUT2D eigenvalue weighted by molar-refractivity contribution is -0.120. The van der Waals surface area contributed by atoms with Gasteiger partial charge in [0, 0.05) is 25.0 Å². The Balaban J connectivity index is 1.69. The van der Waals surface area contributed by atoms with Crippen LogP contribution in [0.3, 0.4) is 0 Å². The number of amides is 2. The van der Waals surface area contributed by atoms with Crippen molar-refractivity contribution in [1.82, 2.24) is 20.2 Å². The number of imidazole rings is 1. The molecule has 0 unspecified atom stereocenters. The molecule has 6 nitrogen and oxygen atoms in total. The lowest BCUT2D eigenvalue weighted by Crippen LogP contribution is -2.39. The van der Waals surface area contributed by atoms with E-state index in [1.807, 2.05) is 26.1 Å². The van der Waals surface area contributed by atoms with E-state index in [1.165, 1.54) is 12.1 Å². The van der Waals surface area contributed by atoms with Crippen LogP contribution in [0.2, 0.25) is 0 Å². The number of aromatic nitrogens is 2. The highest BCUT2D eigenvalue weighted by Gasteiger charge is 2.21. The predicted molar refractivity (Wildman–Crippen MR) is 103 cm³/mol. The summed E-state index contributed by atoms with van der Waals surface area (Å²) in [7, 11) is 1.81. The Morgan fingerprint density at radius 2 is 1.79 bits per heavy atom. The predicted octanol–water partition coefficient (Wildman–Crippen LogP) is 2.50. The van der Waals surface area contributed by atoms with Crippen molar-refractivity contribution < 1.29 is 14.0 Å². The lowest BCUT2D eigenvalue weighted by atomic mass is 10.1. The molecule has 0 spiro atoms. The van der Waals surface area contributed by atoms with Gasteiger partial charge in [0.25, 0.3) is 5.91 Å². The molecule has 2 N–H and O–H groups in total. The standard InChI is InChI=1S/C21H21FN4O2/c1-14-3-5-16(6-4-14)21(28)24-13-18(27)25-19(20-23-11-12-26(20)2)15-7-9-17(22)10-8-15/h3-12,19H,13H2,1-2H3,(H,24,28)(H,25,27)/t19-/m0/s1. The number of nitrogens with one attached hydrogen (secondary N) is 2. The summed E-state index contributed by atoms with van der Waals surface area (Å²) in [6, 6.07) is 12.4. The summed E-state index contributed by atoms with van der Waals surface area (Å²) in [6.07, 6.45) is 3.38. The van der Waals surface area contributed by atoms with Crippen LogP contribution in [0, 0.1) is 12.7 Å². The third-order valence-corrected chi connectivity index (χ3v) is 4.35. The second-order valence-electron chi connectivity index (χ2n) is 6.50. The van der Waals surface area contributed by atoms with E-state index in [0.717, 1.165) is 5.56 Å². The smallest absolute Gasteiger partial charge is 0.251 e. The minimum absolute atomic E-state index is 0.186. The molecule has 3 rings (SSSR count). The van der Waals surface area contributed by atoms with Crippen LogP contribution in [0.4, 0.5) is 4.39 Å². The summed E-state index contributed by atoms with van der Waals surface area (Å²) < 4.78 is 15.1. The quantitative estimate of drug-likeness (QED) is 0.690. The van der Waals surface area contributed by atoms with E-state index < -0.39 is 6.04 Å². The van der Waals surface area contributed by atoms with Gasteiger partial charge in [0.05, 0.1) is 6.54 Å². The van der Waals surface area contributed by atoms with E-state index in [-0.39, 0.29) is 24.2 Å². The number of hydrogen-bond donors (Lipinski definition) is 2. The molecule has 0 aliphatic rings. The van der Waals surface area contributed by atoms with Gasteiger partial charge in [0.1, 0.15) is 17.7 Å². The third kappa shape index (κ3) is 4.62. The summed E-state index contributed by atoms with van der Waals surface area (Å²) in [5.41, 5.74) is 2.22. The first-order valence-corrected chi connectivity index (χ1v) is 8.81. The van der Waals surface area contributed by atoms with Gasteiger partial charge in [-0.3, -0.25) is 9.59 Å². The first-order chi connectivity index (χ1) is 13.4. The fourth-order valence-electron chi connectivity index (χ4n) is 2.79. The van der Waals surface area contributed by atoms with E-state index in [0.29, 0.717) is 17.0 Å². The molecule has 28 heavy (non-hydrogen) atoms. The Kier molecular flexibility index (Phi) is 5.84. The van der Waals surface area contributed by atoms with Gasteiger partial charge in [0.2, 0.25) is 5.91 Å². The van der Waals surface area contributed by atoms with Crippen molar-refractivity contribution in [3.8, 4) is 0 Å². The van der Waals surface area contributed by atoms with Gasteiger partial charge in [-0.05, 0) is 36.8 Å². The molecule has 1 aromatic heterocycles. The summed E-state index contributed by atoms with van der Waals surface area (Å²) in [6.45, 7) is 1.75. The Labute approximate surface area is 162 Å². The number of benzene rings is 2. The van der Waals surface area contributed by atoms with E-state index in [2.05, 4.69) is 15.6 Å². The van der Waals surface area contributed by atoms with Crippen molar-refractivity contribution in [3.63, 3.8) is 0 Å². The highest BCUT2D eigenvalue weighted by molar-refractivity contribution is 5.96. The Hall–Kier alpha value is -3.48. The van der Waals surface area contributed by atoms with Gasteiger partial charge in [-0.2, -0.15) is 0 Å². The Morgan fingerprint density at radius 3 is 2.39 bits per heavy atom. The highest BCUT2D eigenvalue weighted by Crippen LogP contribution is 2.20. The van der Waals surface area contributed by atoms with E-state index >= 15 is 0 Å². The largest absolute Gasteiger partial charge is 0.343 e. The zero-order chi connectivity index (χ0) is 20.1. The van der Waals surface area contributed by atoms with Gasteiger partial charge < -0.3 is 15.2 Å². The van der Waals surface area contributed by atoms with Crippen molar-refractivity contribution in [2.75, 3.05) is 6.54 Å². The van der Waals surface area contributed by atoms with Crippen molar-refractivity contribution in [2.24, 2.45) is 7.05 Å². The molecule has 7 heteroatoms. The fourth-order valence-corrected chi connectivity index (χ4v) is 2.79. The number of nitrogens with zero attached hydrogens (tertiary/aromatic N) is 2. The van der Waals surface area contributed by atoms with Gasteiger partial charge in [0.15, 0.2) is 0 Å². The SMILES string of the molecule is Cc1ccc(C(=O)NCC(=O)N[C@@H](c2ccc(F)cc2)c2nccn2C)cc1. The molecule has 3 aromatic rings. The Morgan fingerprint density at radius 1 is 1.11 bits per heavy atom.